The average molecular weight is 296 g/mol. The van der Waals surface area contributed by atoms with Crippen molar-refractivity contribution < 1.29 is 0 Å². The van der Waals surface area contributed by atoms with Crippen molar-refractivity contribution in [3.8, 4) is 0 Å². The zero-order valence-electron chi connectivity index (χ0n) is 12.9. The zero-order chi connectivity index (χ0) is 15.5. The molecule has 22 heavy (non-hydrogen) atoms. The molecule has 0 aliphatic heterocycles. The Morgan fingerprint density at radius 2 is 1.91 bits per heavy atom. The Labute approximate surface area is 129 Å². The van der Waals surface area contributed by atoms with Crippen molar-refractivity contribution in [3.05, 3.63) is 70.3 Å². The molecule has 5 nitrogen and oxygen atoms in total. The van der Waals surface area contributed by atoms with Crippen molar-refractivity contribution in [2.75, 3.05) is 13.6 Å². The molecule has 0 unspecified atom stereocenters. The van der Waals surface area contributed by atoms with Crippen LogP contribution in [0.5, 0.6) is 0 Å². The van der Waals surface area contributed by atoms with Crippen molar-refractivity contribution >= 4 is 5.65 Å². The highest BCUT2D eigenvalue weighted by Crippen LogP contribution is 2.09. The van der Waals surface area contributed by atoms with Gasteiger partial charge in [0.05, 0.1) is 6.54 Å². The maximum atomic E-state index is 12.2. The highest BCUT2D eigenvalue weighted by molar-refractivity contribution is 5.35. The minimum atomic E-state index is -0.0834. The molecular weight excluding hydrogens is 276 g/mol. The van der Waals surface area contributed by atoms with Gasteiger partial charge in [-0.25, -0.2) is 9.48 Å². The molecule has 0 saturated heterocycles. The van der Waals surface area contributed by atoms with Gasteiger partial charge >= 0.3 is 5.69 Å². The summed E-state index contributed by atoms with van der Waals surface area (Å²) in [6.45, 7) is 4.35. The van der Waals surface area contributed by atoms with Crippen molar-refractivity contribution in [3.63, 3.8) is 0 Å². The summed E-state index contributed by atoms with van der Waals surface area (Å²) in [5.74, 6) is 0. The van der Waals surface area contributed by atoms with Gasteiger partial charge in [0.15, 0.2) is 5.65 Å². The van der Waals surface area contributed by atoms with Gasteiger partial charge in [-0.1, -0.05) is 30.3 Å². The van der Waals surface area contributed by atoms with Crippen LogP contribution in [-0.2, 0) is 13.1 Å². The molecule has 2 heterocycles. The molecule has 0 aliphatic carbocycles. The third-order valence-electron chi connectivity index (χ3n) is 3.88. The molecule has 3 aromatic rings. The minimum Gasteiger partial charge on any atom is -0.300 e. The summed E-state index contributed by atoms with van der Waals surface area (Å²) < 4.78 is 3.10. The Morgan fingerprint density at radius 3 is 2.68 bits per heavy atom. The molecular formula is C17H20N4O. The fourth-order valence-electron chi connectivity index (χ4n) is 2.54. The van der Waals surface area contributed by atoms with Crippen molar-refractivity contribution in [2.45, 2.75) is 20.0 Å². The second-order valence-corrected chi connectivity index (χ2v) is 5.60. The van der Waals surface area contributed by atoms with E-state index in [0.29, 0.717) is 12.2 Å². The number of aromatic nitrogens is 3. The van der Waals surface area contributed by atoms with Crippen molar-refractivity contribution in [2.24, 2.45) is 0 Å². The highest BCUT2D eigenvalue weighted by Gasteiger charge is 2.08. The van der Waals surface area contributed by atoms with Gasteiger partial charge in [0.2, 0.25) is 0 Å². The van der Waals surface area contributed by atoms with Crippen LogP contribution >= 0.6 is 0 Å². The molecule has 0 saturated carbocycles. The first-order valence-corrected chi connectivity index (χ1v) is 7.42. The van der Waals surface area contributed by atoms with E-state index < -0.39 is 0 Å². The molecule has 3 rings (SSSR count). The topological polar surface area (TPSA) is 42.5 Å². The van der Waals surface area contributed by atoms with E-state index in [1.165, 1.54) is 15.8 Å². The van der Waals surface area contributed by atoms with Crippen LogP contribution in [0.1, 0.15) is 11.1 Å². The Hall–Kier alpha value is -2.40. The molecule has 0 fully saturated rings. The summed E-state index contributed by atoms with van der Waals surface area (Å²) in [5.41, 5.74) is 3.21. The number of hydrogen-bond donors (Lipinski definition) is 0. The third-order valence-corrected chi connectivity index (χ3v) is 3.88. The lowest BCUT2D eigenvalue weighted by Gasteiger charge is -2.17. The largest absolute Gasteiger partial charge is 0.350 e. The lowest BCUT2D eigenvalue weighted by Crippen LogP contribution is -2.29. The maximum absolute atomic E-state index is 12.2. The fourth-order valence-corrected chi connectivity index (χ4v) is 2.54. The standard InChI is InChI=1S/C17H20N4O/c1-14-7-3-4-8-15(14)13-19(2)11-12-21-17(22)20-10-6-5-9-16(20)18-21/h3-10H,11-13H2,1-2H3. The molecule has 5 heteroatoms. The Morgan fingerprint density at radius 1 is 1.14 bits per heavy atom. The molecule has 114 valence electrons. The van der Waals surface area contributed by atoms with E-state index in [1.807, 2.05) is 18.2 Å². The summed E-state index contributed by atoms with van der Waals surface area (Å²) in [6.07, 6.45) is 1.75. The Bertz CT molecular complexity index is 834. The average Bonchev–Trinajstić information content (AvgIpc) is 2.84. The molecule has 0 amide bonds. The monoisotopic (exact) mass is 296 g/mol. The number of aryl methyl sites for hydroxylation is 1. The number of fused-ring (bicyclic) bond motifs is 1. The number of hydrogen-bond acceptors (Lipinski definition) is 3. The summed E-state index contributed by atoms with van der Waals surface area (Å²) in [5, 5.41) is 4.35. The Kier molecular flexibility index (Phi) is 4.06. The first kappa shape index (κ1) is 14.5. The second kappa shape index (κ2) is 6.15. The van der Waals surface area contributed by atoms with Crippen molar-refractivity contribution in [1.82, 2.24) is 19.1 Å². The molecule has 1 aromatic carbocycles. The van der Waals surface area contributed by atoms with Crippen LogP contribution in [0.15, 0.2) is 53.5 Å². The SMILES string of the molecule is Cc1ccccc1CN(C)CCn1nc2ccccn2c1=O. The van der Waals surface area contributed by atoms with Crippen molar-refractivity contribution in [1.29, 1.82) is 0 Å². The lowest BCUT2D eigenvalue weighted by atomic mass is 10.1. The van der Waals surface area contributed by atoms with Gasteiger partial charge in [0.25, 0.3) is 0 Å². The van der Waals surface area contributed by atoms with Gasteiger partial charge in [0, 0.05) is 19.3 Å². The molecule has 0 N–H and O–H groups in total. The number of pyridine rings is 1. The van der Waals surface area contributed by atoms with Gasteiger partial charge < -0.3 is 4.90 Å². The van der Waals surface area contributed by atoms with Crippen LogP contribution < -0.4 is 5.69 Å². The minimum absolute atomic E-state index is 0.0834. The molecule has 0 bridgehead atoms. The summed E-state index contributed by atoms with van der Waals surface area (Å²) in [4.78, 5) is 14.4. The quantitative estimate of drug-likeness (QED) is 0.722. The van der Waals surface area contributed by atoms with E-state index in [1.54, 1.807) is 10.6 Å². The maximum Gasteiger partial charge on any atom is 0.350 e. The molecule has 0 radical (unpaired) electrons. The second-order valence-electron chi connectivity index (χ2n) is 5.60. The van der Waals surface area contributed by atoms with Gasteiger partial charge in [0.1, 0.15) is 0 Å². The first-order chi connectivity index (χ1) is 10.6. The van der Waals surface area contributed by atoms with Crippen LogP contribution in [0, 0.1) is 6.92 Å². The molecule has 0 aliphatic rings. The molecule has 0 atom stereocenters. The Balaban J connectivity index is 1.67. The highest BCUT2D eigenvalue weighted by atomic mass is 16.2. The lowest BCUT2D eigenvalue weighted by molar-refractivity contribution is 0.302. The van der Waals surface area contributed by atoms with Crippen LogP contribution in [0.4, 0.5) is 0 Å². The van der Waals surface area contributed by atoms with Gasteiger partial charge in [-0.05, 0) is 37.2 Å². The molecule has 0 spiro atoms. The number of nitrogens with zero attached hydrogens (tertiary/aromatic N) is 4. The number of rotatable bonds is 5. The normalized spacial score (nSPS) is 11.4. The van der Waals surface area contributed by atoms with E-state index in [9.17, 15) is 4.79 Å². The summed E-state index contributed by atoms with van der Waals surface area (Å²) >= 11 is 0. The summed E-state index contributed by atoms with van der Waals surface area (Å²) in [6, 6.07) is 13.9. The van der Waals surface area contributed by atoms with E-state index in [-0.39, 0.29) is 5.69 Å². The fraction of sp³-hybridized carbons (Fsp3) is 0.294. The van der Waals surface area contributed by atoms with E-state index >= 15 is 0 Å². The van der Waals surface area contributed by atoms with Crippen LogP contribution in [0.3, 0.4) is 0 Å². The van der Waals surface area contributed by atoms with E-state index in [0.717, 1.165) is 13.1 Å². The summed E-state index contributed by atoms with van der Waals surface area (Å²) in [7, 11) is 2.06. The van der Waals surface area contributed by atoms with Gasteiger partial charge in [-0.3, -0.25) is 4.40 Å². The van der Waals surface area contributed by atoms with E-state index in [2.05, 4.69) is 48.2 Å². The first-order valence-electron chi connectivity index (χ1n) is 7.42. The van der Waals surface area contributed by atoms with Crippen LogP contribution in [-0.4, -0.2) is 32.7 Å². The van der Waals surface area contributed by atoms with Crippen LogP contribution in [0.2, 0.25) is 0 Å². The predicted molar refractivity (Wildman–Crippen MR) is 87.0 cm³/mol. The van der Waals surface area contributed by atoms with Gasteiger partial charge in [-0.15, -0.1) is 5.10 Å². The smallest absolute Gasteiger partial charge is 0.300 e. The third kappa shape index (κ3) is 2.94. The number of likely N-dealkylation sites (N-methyl/N-ethyl adjacent to an activating group) is 1. The van der Waals surface area contributed by atoms with Crippen LogP contribution in [0.25, 0.3) is 5.65 Å². The zero-order valence-corrected chi connectivity index (χ0v) is 12.9. The van der Waals surface area contributed by atoms with Gasteiger partial charge in [-0.2, -0.15) is 0 Å². The van der Waals surface area contributed by atoms with E-state index in [4.69, 9.17) is 0 Å². The molecule has 2 aromatic heterocycles. The number of benzene rings is 1. The predicted octanol–water partition coefficient (Wildman–Crippen LogP) is 1.94.